The molecule has 1 heterocycles. The second kappa shape index (κ2) is 13.2. The van der Waals surface area contributed by atoms with Crippen LogP contribution < -0.4 is 5.32 Å². The number of benzene rings is 1. The highest BCUT2D eigenvalue weighted by Crippen LogP contribution is 2.18. The zero-order valence-electron chi connectivity index (χ0n) is 16.3. The number of alkyl halides is 1. The fourth-order valence-electron chi connectivity index (χ4n) is 2.56. The molecule has 154 valence electrons. The lowest BCUT2D eigenvalue weighted by Crippen LogP contribution is -2.50. The minimum atomic E-state index is -0.535. The van der Waals surface area contributed by atoms with Crippen molar-refractivity contribution in [3.05, 3.63) is 47.7 Å². The molecule has 1 fully saturated rings. The van der Waals surface area contributed by atoms with Crippen molar-refractivity contribution in [3.63, 3.8) is 0 Å². The van der Waals surface area contributed by atoms with Gasteiger partial charge in [0.15, 0.2) is 6.29 Å². The largest absolute Gasteiger partial charge is 0.382 e. The second-order valence-electron chi connectivity index (χ2n) is 6.06. The molecular weight excluding hydrogens is 428 g/mol. The van der Waals surface area contributed by atoms with E-state index in [0.717, 1.165) is 11.9 Å². The monoisotopic (exact) mass is 454 g/mol. The van der Waals surface area contributed by atoms with Crippen molar-refractivity contribution >= 4 is 34.0 Å². The molecule has 0 spiro atoms. The molecule has 1 unspecified atom stereocenters. The zero-order chi connectivity index (χ0) is 20.9. The Hall–Kier alpha value is -2.03. The van der Waals surface area contributed by atoms with Crippen LogP contribution in [0, 0.1) is 0 Å². The Balaban J connectivity index is 0.000000416. The molecule has 1 atom stereocenters. The summed E-state index contributed by atoms with van der Waals surface area (Å²) in [5, 5.41) is 3.55. The molecule has 8 heteroatoms. The van der Waals surface area contributed by atoms with Crippen LogP contribution in [0.2, 0.25) is 0 Å². The maximum Gasteiger partial charge on any atom is 0.255 e. The van der Waals surface area contributed by atoms with Gasteiger partial charge >= 0.3 is 0 Å². The number of halogens is 1. The highest BCUT2D eigenvalue weighted by atomic mass is 79.9. The minimum Gasteiger partial charge on any atom is -0.382 e. The van der Waals surface area contributed by atoms with Crippen molar-refractivity contribution < 1.29 is 23.9 Å². The molecule has 2 rings (SSSR count). The van der Waals surface area contributed by atoms with E-state index in [4.69, 9.17) is 9.47 Å². The van der Waals surface area contributed by atoms with Gasteiger partial charge in [0.25, 0.3) is 5.91 Å². The molecule has 0 aromatic heterocycles. The lowest BCUT2D eigenvalue weighted by Gasteiger charge is -2.31. The van der Waals surface area contributed by atoms with Crippen LogP contribution in [0.1, 0.15) is 33.6 Å². The molecule has 28 heavy (non-hydrogen) atoms. The lowest BCUT2D eigenvalue weighted by atomic mass is 10.0. The number of amides is 2. The molecule has 1 aromatic carbocycles. The SMILES string of the molecule is C=C1CCC(N(C)C(=O)c2ccccc2C=O)C(=O)N1.COCCOCCBr. The Labute approximate surface area is 174 Å². The van der Waals surface area contributed by atoms with E-state index in [2.05, 4.69) is 27.8 Å². The smallest absolute Gasteiger partial charge is 0.255 e. The fraction of sp³-hybridized carbons (Fsp3) is 0.450. The summed E-state index contributed by atoms with van der Waals surface area (Å²) in [6.45, 7) is 5.86. The summed E-state index contributed by atoms with van der Waals surface area (Å²) in [4.78, 5) is 36.7. The average molecular weight is 455 g/mol. The Morgan fingerprint density at radius 1 is 1.36 bits per heavy atom. The molecule has 0 saturated carbocycles. The number of likely N-dealkylation sites (N-methyl/N-ethyl adjacent to an activating group) is 1. The minimum absolute atomic E-state index is 0.235. The van der Waals surface area contributed by atoms with Crippen LogP contribution in [-0.4, -0.2) is 68.4 Å². The van der Waals surface area contributed by atoms with Crippen molar-refractivity contribution in [2.75, 3.05) is 39.3 Å². The number of methoxy groups -OCH3 is 1. The Bertz CT molecular complexity index is 674. The summed E-state index contributed by atoms with van der Waals surface area (Å²) in [5.74, 6) is -0.568. The summed E-state index contributed by atoms with van der Waals surface area (Å²) < 4.78 is 9.80. The number of allylic oxidation sites excluding steroid dienone is 1. The van der Waals surface area contributed by atoms with Crippen LogP contribution in [0.15, 0.2) is 36.5 Å². The average Bonchev–Trinajstić information content (AvgIpc) is 2.70. The van der Waals surface area contributed by atoms with E-state index >= 15 is 0 Å². The number of aldehydes is 1. The Kier molecular flexibility index (Phi) is 11.3. The molecule has 0 aliphatic carbocycles. The molecule has 7 nitrogen and oxygen atoms in total. The van der Waals surface area contributed by atoms with Crippen LogP contribution in [0.3, 0.4) is 0 Å². The third-order valence-corrected chi connectivity index (χ3v) is 4.41. The first-order chi connectivity index (χ1) is 13.5. The van der Waals surface area contributed by atoms with Crippen LogP contribution in [-0.2, 0) is 14.3 Å². The van der Waals surface area contributed by atoms with E-state index in [0.29, 0.717) is 49.2 Å². The Morgan fingerprint density at radius 2 is 2.07 bits per heavy atom. The zero-order valence-corrected chi connectivity index (χ0v) is 17.9. The van der Waals surface area contributed by atoms with Gasteiger partial charge < -0.3 is 19.7 Å². The molecule has 0 bridgehead atoms. The van der Waals surface area contributed by atoms with Gasteiger partial charge in [0, 0.05) is 30.7 Å². The number of nitrogens with zero attached hydrogens (tertiary/aromatic N) is 1. The first-order valence-electron chi connectivity index (χ1n) is 8.88. The number of carbonyl (C=O) groups is 3. The standard InChI is InChI=1S/C15H16N2O3.C5H11BrO2/c1-10-7-8-13(14(19)16-10)17(2)15(20)12-6-4-3-5-11(12)9-18;1-7-4-5-8-3-2-6/h3-6,9,13H,1,7-8H2,2H3,(H,16,19);2-5H2,1H3. The molecular formula is C20H27BrN2O5. The van der Waals surface area contributed by atoms with E-state index in [-0.39, 0.29) is 11.8 Å². The molecule has 1 aliphatic heterocycles. The third-order valence-electron chi connectivity index (χ3n) is 4.08. The molecule has 1 aliphatic rings. The van der Waals surface area contributed by atoms with Gasteiger partial charge in [-0.15, -0.1) is 0 Å². The van der Waals surface area contributed by atoms with Crippen LogP contribution >= 0.6 is 15.9 Å². The van der Waals surface area contributed by atoms with E-state index in [1.165, 1.54) is 4.90 Å². The summed E-state index contributed by atoms with van der Waals surface area (Å²) >= 11 is 3.24. The predicted octanol–water partition coefficient (Wildman–Crippen LogP) is 2.41. The van der Waals surface area contributed by atoms with Gasteiger partial charge in [-0.3, -0.25) is 14.4 Å². The number of ether oxygens (including phenoxy) is 2. The highest BCUT2D eigenvalue weighted by Gasteiger charge is 2.31. The molecule has 2 amide bonds. The highest BCUT2D eigenvalue weighted by molar-refractivity contribution is 9.09. The van der Waals surface area contributed by atoms with E-state index in [1.807, 2.05) is 0 Å². The predicted molar refractivity (Wildman–Crippen MR) is 111 cm³/mol. The first-order valence-corrected chi connectivity index (χ1v) is 10.0. The molecule has 0 radical (unpaired) electrons. The summed E-state index contributed by atoms with van der Waals surface area (Å²) in [5.41, 5.74) is 1.30. The van der Waals surface area contributed by atoms with E-state index < -0.39 is 6.04 Å². The van der Waals surface area contributed by atoms with Gasteiger partial charge in [-0.25, -0.2) is 0 Å². The van der Waals surface area contributed by atoms with Gasteiger partial charge in [-0.05, 0) is 18.9 Å². The van der Waals surface area contributed by atoms with Crippen LogP contribution in [0.5, 0.6) is 0 Å². The maximum atomic E-state index is 12.4. The quantitative estimate of drug-likeness (QED) is 0.370. The second-order valence-corrected chi connectivity index (χ2v) is 6.86. The van der Waals surface area contributed by atoms with Crippen molar-refractivity contribution in [3.8, 4) is 0 Å². The first kappa shape index (κ1) is 24.0. The summed E-state index contributed by atoms with van der Waals surface area (Å²) in [7, 11) is 3.24. The van der Waals surface area contributed by atoms with E-state index in [1.54, 1.807) is 38.4 Å². The van der Waals surface area contributed by atoms with Gasteiger partial charge in [0.1, 0.15) is 6.04 Å². The topological polar surface area (TPSA) is 84.9 Å². The van der Waals surface area contributed by atoms with Crippen molar-refractivity contribution in [2.24, 2.45) is 0 Å². The lowest BCUT2D eigenvalue weighted by molar-refractivity contribution is -0.125. The maximum absolute atomic E-state index is 12.4. The molecule has 1 aromatic rings. The number of rotatable bonds is 8. The summed E-state index contributed by atoms with van der Waals surface area (Å²) in [6, 6.07) is 6.01. The van der Waals surface area contributed by atoms with Gasteiger partial charge in [0.2, 0.25) is 5.91 Å². The third kappa shape index (κ3) is 7.53. The van der Waals surface area contributed by atoms with Gasteiger partial charge in [-0.1, -0.05) is 40.7 Å². The number of nitrogens with one attached hydrogen (secondary N) is 1. The number of hydrogen-bond donors (Lipinski definition) is 1. The Morgan fingerprint density at radius 3 is 2.68 bits per heavy atom. The summed E-state index contributed by atoms with van der Waals surface area (Å²) in [6.07, 6.45) is 1.82. The van der Waals surface area contributed by atoms with Crippen LogP contribution in [0.25, 0.3) is 0 Å². The molecule has 1 saturated heterocycles. The molecule has 1 N–H and O–H groups in total. The van der Waals surface area contributed by atoms with Crippen molar-refractivity contribution in [1.82, 2.24) is 10.2 Å². The number of carbonyl (C=O) groups excluding carboxylic acids is 3. The fourth-order valence-corrected chi connectivity index (χ4v) is 2.79. The van der Waals surface area contributed by atoms with Crippen molar-refractivity contribution in [1.29, 1.82) is 0 Å². The van der Waals surface area contributed by atoms with Crippen LogP contribution in [0.4, 0.5) is 0 Å². The number of piperidine rings is 1. The van der Waals surface area contributed by atoms with Gasteiger partial charge in [-0.2, -0.15) is 0 Å². The number of hydrogen-bond acceptors (Lipinski definition) is 5. The van der Waals surface area contributed by atoms with Crippen molar-refractivity contribution in [2.45, 2.75) is 18.9 Å². The van der Waals surface area contributed by atoms with E-state index in [9.17, 15) is 14.4 Å². The van der Waals surface area contributed by atoms with Gasteiger partial charge in [0.05, 0.1) is 25.4 Å². The normalized spacial score (nSPS) is 15.9.